The van der Waals surface area contributed by atoms with Crippen molar-refractivity contribution in [2.75, 3.05) is 13.1 Å². The molecule has 0 saturated carbocycles. The van der Waals surface area contributed by atoms with E-state index in [1.54, 1.807) is 0 Å². The number of β-amino-alcohol motifs (C(OH)–C–C–N with tert-alkyl or cyclic N) is 1. The van der Waals surface area contributed by atoms with E-state index in [0.717, 1.165) is 25.6 Å². The molecule has 1 aliphatic rings. The zero-order chi connectivity index (χ0) is 16.0. The second-order valence-corrected chi connectivity index (χ2v) is 7.35. The predicted molar refractivity (Wildman–Crippen MR) is 97.4 cm³/mol. The first-order chi connectivity index (χ1) is 10.8. The summed E-state index contributed by atoms with van der Waals surface area (Å²) in [5.41, 5.74) is 0. The molecule has 0 bridgehead atoms. The molecule has 0 radical (unpaired) electrons. The third-order valence-electron chi connectivity index (χ3n) is 5.24. The fraction of sp³-hybridized carbons (Fsp3) is 1.00. The van der Waals surface area contributed by atoms with Crippen molar-refractivity contribution >= 4 is 0 Å². The average molecular weight is 312 g/mol. The number of unbranched alkanes of at least 4 members (excludes halogenated alkanes) is 9. The van der Waals surface area contributed by atoms with Gasteiger partial charge in [-0.3, -0.25) is 4.90 Å². The highest BCUT2D eigenvalue weighted by Crippen LogP contribution is 2.22. The lowest BCUT2D eigenvalue weighted by Gasteiger charge is -2.28. The van der Waals surface area contributed by atoms with Crippen LogP contribution in [-0.2, 0) is 0 Å². The van der Waals surface area contributed by atoms with Crippen molar-refractivity contribution in [3.63, 3.8) is 0 Å². The molecule has 0 aromatic rings. The lowest BCUT2D eigenvalue weighted by molar-refractivity contribution is 0.149. The molecule has 1 heterocycles. The topological polar surface area (TPSA) is 23.5 Å². The molecular weight excluding hydrogens is 270 g/mol. The summed E-state index contributed by atoms with van der Waals surface area (Å²) in [5, 5.41) is 9.82. The van der Waals surface area contributed by atoms with Crippen molar-refractivity contribution in [3.05, 3.63) is 0 Å². The number of nitrogens with zero attached hydrogens (tertiary/aromatic N) is 1. The molecule has 0 aromatic carbocycles. The molecule has 0 spiro atoms. The molecule has 132 valence electrons. The number of aliphatic hydroxyl groups is 1. The zero-order valence-electron chi connectivity index (χ0n) is 15.4. The number of likely N-dealkylation sites (tertiary alicyclic amines) is 1. The summed E-state index contributed by atoms with van der Waals surface area (Å²) in [6, 6.07) is 0.741. The second kappa shape index (κ2) is 13.4. The van der Waals surface area contributed by atoms with E-state index in [4.69, 9.17) is 0 Å². The van der Waals surface area contributed by atoms with Crippen molar-refractivity contribution < 1.29 is 5.11 Å². The van der Waals surface area contributed by atoms with Crippen molar-refractivity contribution in [2.24, 2.45) is 0 Å². The quantitative estimate of drug-likeness (QED) is 0.426. The number of rotatable bonds is 14. The third kappa shape index (κ3) is 9.15. The highest BCUT2D eigenvalue weighted by Gasteiger charge is 2.26. The first-order valence-corrected chi connectivity index (χ1v) is 10.2. The van der Waals surface area contributed by atoms with Crippen molar-refractivity contribution in [2.45, 2.75) is 116 Å². The van der Waals surface area contributed by atoms with E-state index in [0.29, 0.717) is 0 Å². The summed E-state index contributed by atoms with van der Waals surface area (Å²) < 4.78 is 0. The van der Waals surface area contributed by atoms with Crippen molar-refractivity contribution in [3.8, 4) is 0 Å². The predicted octanol–water partition coefficient (Wildman–Crippen LogP) is 5.53. The van der Waals surface area contributed by atoms with E-state index in [1.807, 2.05) is 0 Å². The van der Waals surface area contributed by atoms with E-state index in [1.165, 1.54) is 83.5 Å². The molecule has 2 atom stereocenters. The van der Waals surface area contributed by atoms with E-state index >= 15 is 0 Å². The van der Waals surface area contributed by atoms with Gasteiger partial charge in [-0.05, 0) is 19.3 Å². The minimum absolute atomic E-state index is 0.0628. The smallest absolute Gasteiger partial charge is 0.0679 e. The molecule has 2 nitrogen and oxygen atoms in total. The van der Waals surface area contributed by atoms with Crippen LogP contribution in [0.1, 0.15) is 104 Å². The van der Waals surface area contributed by atoms with Crippen LogP contribution in [0.15, 0.2) is 0 Å². The Morgan fingerprint density at radius 3 is 1.77 bits per heavy atom. The van der Waals surface area contributed by atoms with Gasteiger partial charge in [-0.25, -0.2) is 0 Å². The number of aliphatic hydroxyl groups excluding tert-OH is 1. The van der Waals surface area contributed by atoms with Gasteiger partial charge in [-0.1, -0.05) is 84.5 Å². The Labute approximate surface area is 139 Å². The maximum absolute atomic E-state index is 9.82. The summed E-state index contributed by atoms with van der Waals surface area (Å²) in [5.74, 6) is 0. The Balaban J connectivity index is 2.19. The van der Waals surface area contributed by atoms with Crippen LogP contribution in [0.2, 0.25) is 0 Å². The number of hydrogen-bond donors (Lipinski definition) is 1. The minimum atomic E-state index is -0.0628. The fourth-order valence-electron chi connectivity index (χ4n) is 3.75. The Bertz CT molecular complexity index is 244. The van der Waals surface area contributed by atoms with Crippen molar-refractivity contribution in [1.29, 1.82) is 0 Å². The second-order valence-electron chi connectivity index (χ2n) is 7.35. The monoisotopic (exact) mass is 311 g/mol. The van der Waals surface area contributed by atoms with Gasteiger partial charge in [-0.15, -0.1) is 0 Å². The molecule has 1 rings (SSSR count). The minimum Gasteiger partial charge on any atom is -0.392 e. The maximum atomic E-state index is 9.82. The van der Waals surface area contributed by atoms with E-state index in [2.05, 4.69) is 18.7 Å². The third-order valence-corrected chi connectivity index (χ3v) is 5.24. The van der Waals surface area contributed by atoms with Crippen LogP contribution in [0.5, 0.6) is 0 Å². The Hall–Kier alpha value is -0.0800. The first kappa shape index (κ1) is 20.0. The fourth-order valence-corrected chi connectivity index (χ4v) is 3.75. The molecule has 0 aromatic heterocycles. The van der Waals surface area contributed by atoms with Gasteiger partial charge in [-0.2, -0.15) is 0 Å². The van der Waals surface area contributed by atoms with Crippen LogP contribution < -0.4 is 0 Å². The van der Waals surface area contributed by atoms with E-state index in [-0.39, 0.29) is 6.10 Å². The Morgan fingerprint density at radius 2 is 1.32 bits per heavy atom. The normalized spacial score (nSPS) is 20.6. The summed E-state index contributed by atoms with van der Waals surface area (Å²) >= 11 is 0. The van der Waals surface area contributed by atoms with Crippen LogP contribution in [0.25, 0.3) is 0 Å². The lowest BCUT2D eigenvalue weighted by atomic mass is 9.99. The first-order valence-electron chi connectivity index (χ1n) is 10.2. The van der Waals surface area contributed by atoms with Gasteiger partial charge in [0.1, 0.15) is 0 Å². The summed E-state index contributed by atoms with van der Waals surface area (Å²) in [6.45, 7) is 6.62. The van der Waals surface area contributed by atoms with Crippen molar-refractivity contribution in [1.82, 2.24) is 4.90 Å². The SMILES string of the molecule is CCCCCCCCC(CCCCCCC)N1CC[C@@H](O)C1. The molecule has 2 heteroatoms. The largest absolute Gasteiger partial charge is 0.392 e. The molecule has 1 saturated heterocycles. The van der Waals surface area contributed by atoms with Gasteiger partial charge in [0.25, 0.3) is 0 Å². The van der Waals surface area contributed by atoms with Crippen LogP contribution in [0.3, 0.4) is 0 Å². The Kier molecular flexibility index (Phi) is 12.1. The molecule has 0 aliphatic carbocycles. The highest BCUT2D eigenvalue weighted by molar-refractivity contribution is 4.81. The van der Waals surface area contributed by atoms with Gasteiger partial charge in [0.2, 0.25) is 0 Å². The van der Waals surface area contributed by atoms with Crippen LogP contribution in [-0.4, -0.2) is 35.2 Å². The van der Waals surface area contributed by atoms with Gasteiger partial charge < -0.3 is 5.11 Å². The van der Waals surface area contributed by atoms with Gasteiger partial charge >= 0.3 is 0 Å². The van der Waals surface area contributed by atoms with Crippen LogP contribution >= 0.6 is 0 Å². The molecule has 22 heavy (non-hydrogen) atoms. The molecule has 1 N–H and O–H groups in total. The standard InChI is InChI=1S/C20H41NO/c1-3-5-7-9-11-13-15-19(14-12-10-8-6-4-2)21-17-16-20(22)18-21/h19-20,22H,3-18H2,1-2H3/t19?,20-/m1/s1. The summed E-state index contributed by atoms with van der Waals surface area (Å²) in [4.78, 5) is 2.58. The van der Waals surface area contributed by atoms with Gasteiger partial charge in [0.05, 0.1) is 6.10 Å². The zero-order valence-corrected chi connectivity index (χ0v) is 15.4. The molecule has 1 fully saturated rings. The molecule has 1 aliphatic heterocycles. The van der Waals surface area contributed by atoms with Crippen LogP contribution in [0, 0.1) is 0 Å². The molecular formula is C20H41NO. The highest BCUT2D eigenvalue weighted by atomic mass is 16.3. The van der Waals surface area contributed by atoms with E-state index < -0.39 is 0 Å². The maximum Gasteiger partial charge on any atom is 0.0679 e. The lowest BCUT2D eigenvalue weighted by Crippen LogP contribution is -2.34. The molecule has 0 amide bonds. The molecule has 1 unspecified atom stereocenters. The summed E-state index contributed by atoms with van der Waals surface area (Å²) in [6.07, 6.45) is 18.9. The average Bonchev–Trinajstić information content (AvgIpc) is 2.94. The van der Waals surface area contributed by atoms with Crippen LogP contribution in [0.4, 0.5) is 0 Å². The van der Waals surface area contributed by atoms with E-state index in [9.17, 15) is 5.11 Å². The Morgan fingerprint density at radius 1 is 0.818 bits per heavy atom. The number of hydrogen-bond acceptors (Lipinski definition) is 2. The van der Waals surface area contributed by atoms with Gasteiger partial charge in [0.15, 0.2) is 0 Å². The summed E-state index contributed by atoms with van der Waals surface area (Å²) in [7, 11) is 0. The van der Waals surface area contributed by atoms with Gasteiger partial charge in [0, 0.05) is 19.1 Å².